The molecular weight excluding hydrogens is 183 g/mol. The van der Waals surface area contributed by atoms with E-state index in [1.54, 1.807) is 26.4 Å². The fourth-order valence-electron chi connectivity index (χ4n) is 1.38. The van der Waals surface area contributed by atoms with E-state index in [-0.39, 0.29) is 11.7 Å². The number of hydrogen-bond acceptors (Lipinski definition) is 2. The van der Waals surface area contributed by atoms with E-state index in [1.807, 2.05) is 0 Å². The van der Waals surface area contributed by atoms with Crippen molar-refractivity contribution < 1.29 is 13.9 Å². The predicted molar refractivity (Wildman–Crippen MR) is 52.9 cm³/mol. The highest BCUT2D eigenvalue weighted by Gasteiger charge is 2.10. The molecule has 0 fully saturated rings. The highest BCUT2D eigenvalue weighted by Crippen LogP contribution is 2.16. The van der Waals surface area contributed by atoms with Crippen molar-refractivity contribution in [3.63, 3.8) is 0 Å². The minimum atomic E-state index is -0.220. The Morgan fingerprint density at radius 2 is 1.57 bits per heavy atom. The Labute approximate surface area is 83.6 Å². The molecule has 1 aromatic rings. The van der Waals surface area contributed by atoms with Crippen molar-refractivity contribution in [1.82, 2.24) is 0 Å². The van der Waals surface area contributed by atoms with Gasteiger partial charge in [0.1, 0.15) is 5.82 Å². The second-order valence-electron chi connectivity index (χ2n) is 3.16. The highest BCUT2D eigenvalue weighted by atomic mass is 19.1. The van der Waals surface area contributed by atoms with Crippen LogP contribution in [0, 0.1) is 5.82 Å². The second-order valence-corrected chi connectivity index (χ2v) is 3.16. The third-order valence-electron chi connectivity index (χ3n) is 2.08. The third-order valence-corrected chi connectivity index (χ3v) is 2.08. The average molecular weight is 198 g/mol. The van der Waals surface area contributed by atoms with Crippen molar-refractivity contribution in [2.45, 2.75) is 5.92 Å². The number of halogens is 1. The maximum absolute atomic E-state index is 12.7. The minimum Gasteiger partial charge on any atom is -0.384 e. The maximum Gasteiger partial charge on any atom is 0.123 e. The summed E-state index contributed by atoms with van der Waals surface area (Å²) in [5, 5.41) is 0. The summed E-state index contributed by atoms with van der Waals surface area (Å²) in [7, 11) is 3.29. The number of hydrogen-bond donors (Lipinski definition) is 0. The van der Waals surface area contributed by atoms with Crippen molar-refractivity contribution in [1.29, 1.82) is 0 Å². The lowest BCUT2D eigenvalue weighted by molar-refractivity contribution is 0.117. The van der Waals surface area contributed by atoms with E-state index < -0.39 is 0 Å². The third kappa shape index (κ3) is 3.09. The van der Waals surface area contributed by atoms with Gasteiger partial charge in [-0.2, -0.15) is 0 Å². The molecule has 2 nitrogen and oxygen atoms in total. The van der Waals surface area contributed by atoms with Crippen molar-refractivity contribution in [2.75, 3.05) is 27.4 Å². The first-order valence-corrected chi connectivity index (χ1v) is 4.51. The van der Waals surface area contributed by atoms with Gasteiger partial charge in [0.15, 0.2) is 0 Å². The molecule has 14 heavy (non-hydrogen) atoms. The lowest BCUT2D eigenvalue weighted by atomic mass is 10.0. The van der Waals surface area contributed by atoms with Crippen molar-refractivity contribution in [3.05, 3.63) is 35.6 Å². The molecule has 0 N–H and O–H groups in total. The van der Waals surface area contributed by atoms with E-state index in [9.17, 15) is 4.39 Å². The SMILES string of the molecule is COCC(COC)c1ccc(F)cc1. The molecule has 1 aromatic carbocycles. The monoisotopic (exact) mass is 198 g/mol. The minimum absolute atomic E-state index is 0.172. The molecular formula is C11H15FO2. The van der Waals surface area contributed by atoms with E-state index in [1.165, 1.54) is 12.1 Å². The van der Waals surface area contributed by atoms with Gasteiger partial charge < -0.3 is 9.47 Å². The highest BCUT2D eigenvalue weighted by molar-refractivity contribution is 5.20. The molecule has 0 heterocycles. The zero-order valence-corrected chi connectivity index (χ0v) is 8.50. The zero-order valence-electron chi connectivity index (χ0n) is 8.50. The van der Waals surface area contributed by atoms with Crippen LogP contribution < -0.4 is 0 Å². The summed E-state index contributed by atoms with van der Waals surface area (Å²) in [6.45, 7) is 1.17. The van der Waals surface area contributed by atoms with Gasteiger partial charge in [-0.15, -0.1) is 0 Å². The Bertz CT molecular complexity index is 252. The zero-order chi connectivity index (χ0) is 10.4. The molecule has 0 saturated heterocycles. The molecule has 78 valence electrons. The molecule has 0 aliphatic heterocycles. The first kappa shape index (κ1) is 11.1. The molecule has 0 aliphatic carbocycles. The standard InChI is InChI=1S/C11H15FO2/c1-13-7-10(8-14-2)9-3-5-11(12)6-4-9/h3-6,10H,7-8H2,1-2H3. The summed E-state index contributed by atoms with van der Waals surface area (Å²) in [6, 6.07) is 6.43. The first-order valence-electron chi connectivity index (χ1n) is 4.51. The summed E-state index contributed by atoms with van der Waals surface area (Å²) in [6.07, 6.45) is 0. The molecule has 0 radical (unpaired) electrons. The molecule has 1 rings (SSSR count). The normalized spacial score (nSPS) is 10.9. The number of methoxy groups -OCH3 is 2. The van der Waals surface area contributed by atoms with Crippen LogP contribution in [0.15, 0.2) is 24.3 Å². The Balaban J connectivity index is 2.71. The molecule has 0 aromatic heterocycles. The van der Waals surface area contributed by atoms with E-state index in [4.69, 9.17) is 9.47 Å². The summed E-state index contributed by atoms with van der Waals surface area (Å²) in [5.41, 5.74) is 1.04. The quantitative estimate of drug-likeness (QED) is 0.722. The summed E-state index contributed by atoms with van der Waals surface area (Å²) in [4.78, 5) is 0. The van der Waals surface area contributed by atoms with Crippen molar-refractivity contribution in [2.24, 2.45) is 0 Å². The molecule has 0 atom stereocenters. The van der Waals surface area contributed by atoms with Gasteiger partial charge in [0.25, 0.3) is 0 Å². The van der Waals surface area contributed by atoms with Crippen LogP contribution in [0.4, 0.5) is 4.39 Å². The summed E-state index contributed by atoms with van der Waals surface area (Å²) in [5.74, 6) is -0.0482. The largest absolute Gasteiger partial charge is 0.384 e. The van der Waals surface area contributed by atoms with Crippen molar-refractivity contribution >= 4 is 0 Å². The Morgan fingerprint density at radius 3 is 2.00 bits per heavy atom. The van der Waals surface area contributed by atoms with E-state index in [2.05, 4.69) is 0 Å². The van der Waals surface area contributed by atoms with E-state index in [0.29, 0.717) is 13.2 Å². The summed E-state index contributed by atoms with van der Waals surface area (Å²) >= 11 is 0. The fourth-order valence-corrected chi connectivity index (χ4v) is 1.38. The molecule has 0 spiro atoms. The van der Waals surface area contributed by atoms with Gasteiger partial charge in [0.2, 0.25) is 0 Å². The molecule has 0 saturated carbocycles. The lowest BCUT2D eigenvalue weighted by Gasteiger charge is -2.15. The predicted octanol–water partition coefficient (Wildman–Crippen LogP) is 2.20. The number of rotatable bonds is 5. The maximum atomic E-state index is 12.7. The average Bonchev–Trinajstić information content (AvgIpc) is 2.19. The van der Waals surface area contributed by atoms with Gasteiger partial charge in [0, 0.05) is 20.1 Å². The molecule has 0 amide bonds. The van der Waals surface area contributed by atoms with Gasteiger partial charge in [-0.3, -0.25) is 0 Å². The molecule has 3 heteroatoms. The topological polar surface area (TPSA) is 18.5 Å². The summed E-state index contributed by atoms with van der Waals surface area (Å²) < 4.78 is 22.8. The Hall–Kier alpha value is -0.930. The van der Waals surface area contributed by atoms with Crippen LogP contribution in [-0.2, 0) is 9.47 Å². The fraction of sp³-hybridized carbons (Fsp3) is 0.455. The molecule has 0 aliphatic rings. The molecule has 0 unspecified atom stereocenters. The second kappa shape index (κ2) is 5.73. The van der Waals surface area contributed by atoms with E-state index >= 15 is 0 Å². The van der Waals surface area contributed by atoms with Gasteiger partial charge in [-0.1, -0.05) is 12.1 Å². The van der Waals surface area contributed by atoms with Crippen molar-refractivity contribution in [3.8, 4) is 0 Å². The lowest BCUT2D eigenvalue weighted by Crippen LogP contribution is -2.12. The number of benzene rings is 1. The van der Waals surface area contributed by atoms with Gasteiger partial charge >= 0.3 is 0 Å². The van der Waals surface area contributed by atoms with Crippen LogP contribution >= 0.6 is 0 Å². The van der Waals surface area contributed by atoms with Gasteiger partial charge in [-0.25, -0.2) is 4.39 Å². The van der Waals surface area contributed by atoms with E-state index in [0.717, 1.165) is 5.56 Å². The van der Waals surface area contributed by atoms with Crippen LogP contribution in [0.25, 0.3) is 0 Å². The van der Waals surface area contributed by atoms with Crippen LogP contribution in [0.5, 0.6) is 0 Å². The van der Waals surface area contributed by atoms with Crippen LogP contribution in [-0.4, -0.2) is 27.4 Å². The first-order chi connectivity index (χ1) is 6.77. The Kier molecular flexibility index (Phi) is 4.56. The smallest absolute Gasteiger partial charge is 0.123 e. The number of ether oxygens (including phenoxy) is 2. The van der Waals surface area contributed by atoms with Crippen LogP contribution in [0.1, 0.15) is 11.5 Å². The Morgan fingerprint density at radius 1 is 1.07 bits per heavy atom. The molecule has 0 bridgehead atoms. The van der Waals surface area contributed by atoms with Crippen LogP contribution in [0.3, 0.4) is 0 Å². The van der Waals surface area contributed by atoms with Gasteiger partial charge in [0.05, 0.1) is 13.2 Å². The van der Waals surface area contributed by atoms with Gasteiger partial charge in [-0.05, 0) is 17.7 Å². The van der Waals surface area contributed by atoms with Crippen LogP contribution in [0.2, 0.25) is 0 Å².